The minimum absolute atomic E-state index is 0.0914. The van der Waals surface area contributed by atoms with E-state index >= 15 is 0 Å². The predicted molar refractivity (Wildman–Crippen MR) is 87.9 cm³/mol. The van der Waals surface area contributed by atoms with Gasteiger partial charge in [-0.1, -0.05) is 60.7 Å². The number of ketones is 2. The number of rotatable bonds is 6. The van der Waals surface area contributed by atoms with E-state index < -0.39 is 29.0 Å². The van der Waals surface area contributed by atoms with Crippen molar-refractivity contribution in [1.29, 1.82) is 0 Å². The Morgan fingerprint density at radius 3 is 1.36 bits per heavy atom. The highest BCUT2D eigenvalue weighted by Gasteiger charge is 2.40. The van der Waals surface area contributed by atoms with Gasteiger partial charge in [0.2, 0.25) is 0 Å². The molecule has 0 saturated heterocycles. The monoisotopic (exact) mass is 344 g/mol. The molecule has 0 radical (unpaired) electrons. The molecule has 0 unspecified atom stereocenters. The Labute approximate surface area is 142 Å². The summed E-state index contributed by atoms with van der Waals surface area (Å²) >= 11 is 0. The van der Waals surface area contributed by atoms with Crippen LogP contribution in [0.5, 0.6) is 0 Å². The van der Waals surface area contributed by atoms with Gasteiger partial charge in [0.05, 0.1) is 0 Å². The summed E-state index contributed by atoms with van der Waals surface area (Å²) in [6.07, 6.45) is 0.624. The first-order valence-electron chi connectivity index (χ1n) is 7.21. The second kappa shape index (κ2) is 7.53. The van der Waals surface area contributed by atoms with E-state index in [2.05, 4.69) is 0 Å². The van der Waals surface area contributed by atoms with Crippen LogP contribution >= 0.6 is 0 Å². The predicted octanol–water partition coefficient (Wildman–Crippen LogP) is 4.27. The van der Waals surface area contributed by atoms with Crippen LogP contribution in [0.1, 0.15) is 20.7 Å². The van der Waals surface area contributed by atoms with Crippen LogP contribution in [0, 0.1) is 0 Å². The third kappa shape index (κ3) is 4.38. The fourth-order valence-electron chi connectivity index (χ4n) is 1.93. The smallest absolute Gasteiger partial charge is 0.359 e. The molecular weight excluding hydrogens is 330 g/mol. The molecule has 2 aromatic rings. The molecule has 25 heavy (non-hydrogen) atoms. The minimum atomic E-state index is -4.27. The quantitative estimate of drug-likeness (QED) is 0.466. The van der Waals surface area contributed by atoms with Gasteiger partial charge in [-0.2, -0.15) is 8.78 Å². The number of aliphatic hydroxyl groups is 2. The average molecular weight is 344 g/mol. The lowest BCUT2D eigenvalue weighted by atomic mass is 10.1. The fourth-order valence-corrected chi connectivity index (χ4v) is 1.93. The molecule has 0 aromatic heterocycles. The van der Waals surface area contributed by atoms with Crippen LogP contribution in [-0.4, -0.2) is 27.7 Å². The number of hydrogen-bond acceptors (Lipinski definition) is 4. The molecule has 0 spiro atoms. The van der Waals surface area contributed by atoms with E-state index in [1.807, 2.05) is 0 Å². The summed E-state index contributed by atoms with van der Waals surface area (Å²) in [5.41, 5.74) is 0.183. The van der Waals surface area contributed by atoms with Crippen molar-refractivity contribution in [3.63, 3.8) is 0 Å². The van der Waals surface area contributed by atoms with E-state index in [9.17, 15) is 28.6 Å². The molecule has 0 aliphatic heterocycles. The third-order valence-electron chi connectivity index (χ3n) is 3.30. The van der Waals surface area contributed by atoms with Gasteiger partial charge in [0.15, 0.2) is 23.1 Å². The Morgan fingerprint density at radius 2 is 1.04 bits per heavy atom. The van der Waals surface area contributed by atoms with Crippen molar-refractivity contribution >= 4 is 11.6 Å². The molecule has 0 aliphatic rings. The highest BCUT2D eigenvalue weighted by molar-refractivity contribution is 6.05. The first-order valence-corrected chi connectivity index (χ1v) is 7.21. The number of carbonyl (C=O) groups excluding carboxylic acids is 2. The molecule has 0 fully saturated rings. The van der Waals surface area contributed by atoms with E-state index in [4.69, 9.17) is 0 Å². The molecule has 2 N–H and O–H groups in total. The van der Waals surface area contributed by atoms with Crippen LogP contribution in [0.25, 0.3) is 0 Å². The normalized spacial score (nSPS) is 12.7. The standard InChI is InChI=1S/C19H14F2O4/c20-19(21,17(24)11-15(22)13-7-3-1-4-8-13)18(25)12-16(23)14-9-5-2-6-10-14/h1-12,24-25H/b17-11-,18-12-. The minimum Gasteiger partial charge on any atom is -0.506 e. The Morgan fingerprint density at radius 1 is 0.720 bits per heavy atom. The van der Waals surface area contributed by atoms with Crippen molar-refractivity contribution in [3.05, 3.63) is 95.5 Å². The number of hydrogen-bond donors (Lipinski definition) is 2. The molecule has 6 heteroatoms. The van der Waals surface area contributed by atoms with E-state index in [0.29, 0.717) is 12.2 Å². The average Bonchev–Trinajstić information content (AvgIpc) is 2.62. The number of alkyl halides is 2. The molecule has 2 aromatic carbocycles. The van der Waals surface area contributed by atoms with E-state index in [0.717, 1.165) is 0 Å². The lowest BCUT2D eigenvalue weighted by Crippen LogP contribution is -2.24. The highest BCUT2D eigenvalue weighted by Crippen LogP contribution is 2.29. The Kier molecular flexibility index (Phi) is 5.44. The van der Waals surface area contributed by atoms with Gasteiger partial charge in [-0.15, -0.1) is 0 Å². The molecule has 0 aliphatic carbocycles. The maximum atomic E-state index is 14.0. The summed E-state index contributed by atoms with van der Waals surface area (Å²) in [6.45, 7) is 0. The van der Waals surface area contributed by atoms with E-state index in [1.165, 1.54) is 48.5 Å². The van der Waals surface area contributed by atoms with Gasteiger partial charge in [-0.3, -0.25) is 9.59 Å². The molecule has 2 rings (SSSR count). The topological polar surface area (TPSA) is 74.6 Å². The van der Waals surface area contributed by atoms with Crippen LogP contribution in [-0.2, 0) is 0 Å². The molecular formula is C19H14F2O4. The van der Waals surface area contributed by atoms with Crippen molar-refractivity contribution in [2.24, 2.45) is 0 Å². The van der Waals surface area contributed by atoms with Crippen molar-refractivity contribution in [3.8, 4) is 0 Å². The maximum Gasteiger partial charge on any atom is 0.359 e. The van der Waals surface area contributed by atoms with Crippen LogP contribution in [0.2, 0.25) is 0 Å². The van der Waals surface area contributed by atoms with Crippen LogP contribution in [0.4, 0.5) is 8.78 Å². The zero-order chi connectivity index (χ0) is 18.4. The van der Waals surface area contributed by atoms with E-state index in [1.54, 1.807) is 12.1 Å². The molecule has 0 atom stereocenters. The lowest BCUT2D eigenvalue weighted by molar-refractivity contribution is -0.00173. The number of benzene rings is 2. The van der Waals surface area contributed by atoms with Crippen LogP contribution < -0.4 is 0 Å². The zero-order valence-corrected chi connectivity index (χ0v) is 12.9. The number of allylic oxidation sites excluding steroid dienone is 2. The van der Waals surface area contributed by atoms with Gasteiger partial charge in [0.1, 0.15) is 0 Å². The van der Waals surface area contributed by atoms with Crippen molar-refractivity contribution < 1.29 is 28.6 Å². The van der Waals surface area contributed by atoms with E-state index in [-0.39, 0.29) is 11.1 Å². The molecule has 128 valence electrons. The summed E-state index contributed by atoms with van der Waals surface area (Å²) in [5.74, 6) is -9.30. The number of halogens is 2. The van der Waals surface area contributed by atoms with Gasteiger partial charge in [0.25, 0.3) is 0 Å². The Bertz CT molecular complexity index is 756. The molecule has 0 amide bonds. The third-order valence-corrected chi connectivity index (χ3v) is 3.30. The second-order valence-electron chi connectivity index (χ2n) is 5.09. The van der Waals surface area contributed by atoms with Crippen LogP contribution in [0.3, 0.4) is 0 Å². The van der Waals surface area contributed by atoms with Crippen molar-refractivity contribution in [2.75, 3.05) is 0 Å². The molecule has 0 saturated carbocycles. The van der Waals surface area contributed by atoms with Crippen molar-refractivity contribution in [1.82, 2.24) is 0 Å². The second-order valence-corrected chi connectivity index (χ2v) is 5.09. The summed E-state index contributed by atoms with van der Waals surface area (Å²) in [4.78, 5) is 23.7. The maximum absolute atomic E-state index is 14.0. The highest BCUT2D eigenvalue weighted by atomic mass is 19.3. The molecule has 4 nitrogen and oxygen atoms in total. The van der Waals surface area contributed by atoms with Crippen molar-refractivity contribution in [2.45, 2.75) is 5.92 Å². The zero-order valence-electron chi connectivity index (χ0n) is 12.9. The Hall–Kier alpha value is -3.28. The largest absolute Gasteiger partial charge is 0.506 e. The summed E-state index contributed by atoms with van der Waals surface area (Å²) in [6, 6.07) is 15.0. The number of carbonyl (C=O) groups is 2. The summed E-state index contributed by atoms with van der Waals surface area (Å²) < 4.78 is 28.0. The first-order chi connectivity index (χ1) is 11.8. The fraction of sp³-hybridized carbons (Fsp3) is 0.0526. The van der Waals surface area contributed by atoms with Gasteiger partial charge in [-0.25, -0.2) is 0 Å². The summed E-state index contributed by atoms with van der Waals surface area (Å²) in [7, 11) is 0. The van der Waals surface area contributed by atoms with Gasteiger partial charge >= 0.3 is 5.92 Å². The Balaban J connectivity index is 2.24. The molecule has 0 heterocycles. The molecule has 0 bridgehead atoms. The summed E-state index contributed by atoms with van der Waals surface area (Å²) in [5, 5.41) is 19.1. The first kappa shape index (κ1) is 18.1. The number of aliphatic hydroxyl groups excluding tert-OH is 2. The lowest BCUT2D eigenvalue weighted by Gasteiger charge is -2.14. The SMILES string of the molecule is O=C(/C=C(\O)C(F)(F)/C(O)=C/C(=O)c1ccccc1)c1ccccc1. The van der Waals surface area contributed by atoms with Gasteiger partial charge < -0.3 is 10.2 Å². The van der Waals surface area contributed by atoms with Gasteiger partial charge in [-0.05, 0) is 0 Å². The van der Waals surface area contributed by atoms with Crippen LogP contribution in [0.15, 0.2) is 84.3 Å². The van der Waals surface area contributed by atoms with Gasteiger partial charge in [0, 0.05) is 23.3 Å².